The average molecular weight is 337 g/mol. The molecule has 2 N–H and O–H groups in total. The summed E-state index contributed by atoms with van der Waals surface area (Å²) in [5, 5.41) is 10.9. The van der Waals surface area contributed by atoms with Crippen LogP contribution < -0.4 is 10.6 Å². The fourth-order valence-corrected chi connectivity index (χ4v) is 2.37. The third-order valence-corrected chi connectivity index (χ3v) is 3.72. The van der Waals surface area contributed by atoms with Crippen molar-refractivity contribution in [3.63, 3.8) is 0 Å². The molecule has 1 heterocycles. The summed E-state index contributed by atoms with van der Waals surface area (Å²) in [4.78, 5) is 12.2. The van der Waals surface area contributed by atoms with Crippen molar-refractivity contribution in [1.82, 2.24) is 20.4 Å². The minimum absolute atomic E-state index is 0.144. The Hall–Kier alpha value is -1.89. The quantitative estimate of drug-likeness (QED) is 0.721. The summed E-state index contributed by atoms with van der Waals surface area (Å²) in [5.74, 6) is -0.144. The van der Waals surface area contributed by atoms with Crippen LogP contribution in [0.4, 0.5) is 0 Å². The number of para-hydroxylation sites is 1. The largest absolute Gasteiger partial charge is 0.383 e. The van der Waals surface area contributed by atoms with Crippen molar-refractivity contribution in [1.29, 1.82) is 0 Å². The number of carbonyl (C=O) groups is 1. The highest BCUT2D eigenvalue weighted by molar-refractivity contribution is 6.32. The zero-order chi connectivity index (χ0) is 16.7. The molecule has 0 radical (unpaired) electrons. The predicted molar refractivity (Wildman–Crippen MR) is 90.4 cm³/mol. The van der Waals surface area contributed by atoms with Crippen LogP contribution in [0.15, 0.2) is 30.5 Å². The van der Waals surface area contributed by atoms with E-state index in [1.54, 1.807) is 24.1 Å². The fraction of sp³-hybridized carbons (Fsp3) is 0.375. The molecule has 1 amide bonds. The number of nitrogens with one attached hydrogen (secondary N) is 2. The van der Waals surface area contributed by atoms with E-state index in [0.717, 1.165) is 17.9 Å². The molecule has 1 aromatic heterocycles. The Labute approximate surface area is 140 Å². The molecule has 0 aliphatic rings. The molecule has 0 bridgehead atoms. The zero-order valence-electron chi connectivity index (χ0n) is 13.3. The standard InChI is InChI=1S/C16H21ClN4O2/c1-12-13(16(22)19-8-7-18-9-10-23-2)11-20-21(12)15-6-4-3-5-14(15)17/h3-6,11,18H,7-10H2,1-2H3,(H,19,22). The highest BCUT2D eigenvalue weighted by Gasteiger charge is 2.15. The maximum absolute atomic E-state index is 12.2. The van der Waals surface area contributed by atoms with E-state index < -0.39 is 0 Å². The van der Waals surface area contributed by atoms with Crippen molar-refractivity contribution < 1.29 is 9.53 Å². The van der Waals surface area contributed by atoms with Gasteiger partial charge in [-0.2, -0.15) is 5.10 Å². The molecular weight excluding hydrogens is 316 g/mol. The van der Waals surface area contributed by atoms with Crippen LogP contribution in [-0.2, 0) is 4.74 Å². The number of carbonyl (C=O) groups excluding carboxylic acids is 1. The number of hydrogen-bond acceptors (Lipinski definition) is 4. The molecule has 2 aromatic rings. The Morgan fingerprint density at radius 1 is 1.30 bits per heavy atom. The predicted octanol–water partition coefficient (Wildman–Crippen LogP) is 1.80. The molecule has 2 rings (SSSR count). The van der Waals surface area contributed by atoms with Gasteiger partial charge in [-0.3, -0.25) is 4.79 Å². The van der Waals surface area contributed by atoms with Crippen LogP contribution in [0.2, 0.25) is 5.02 Å². The molecule has 23 heavy (non-hydrogen) atoms. The average Bonchev–Trinajstić information content (AvgIpc) is 2.92. The highest BCUT2D eigenvalue weighted by Crippen LogP contribution is 2.21. The minimum atomic E-state index is -0.144. The summed E-state index contributed by atoms with van der Waals surface area (Å²) in [6.07, 6.45) is 1.56. The molecule has 0 saturated heterocycles. The number of rotatable bonds is 8. The molecule has 1 aromatic carbocycles. The molecule has 0 fully saturated rings. The number of ether oxygens (including phenoxy) is 1. The van der Waals surface area contributed by atoms with Crippen molar-refractivity contribution in [2.45, 2.75) is 6.92 Å². The first-order valence-electron chi connectivity index (χ1n) is 7.42. The van der Waals surface area contributed by atoms with E-state index in [2.05, 4.69) is 15.7 Å². The maximum atomic E-state index is 12.2. The van der Waals surface area contributed by atoms with Gasteiger partial charge >= 0.3 is 0 Å². The molecule has 0 saturated carbocycles. The van der Waals surface area contributed by atoms with E-state index in [4.69, 9.17) is 16.3 Å². The van der Waals surface area contributed by atoms with Crippen LogP contribution in [0.3, 0.4) is 0 Å². The second kappa shape index (κ2) is 8.67. The Morgan fingerprint density at radius 3 is 2.83 bits per heavy atom. The van der Waals surface area contributed by atoms with Gasteiger partial charge in [0.25, 0.3) is 5.91 Å². The normalized spacial score (nSPS) is 10.7. The van der Waals surface area contributed by atoms with Crippen molar-refractivity contribution in [2.75, 3.05) is 33.4 Å². The molecule has 6 nitrogen and oxygen atoms in total. The first kappa shape index (κ1) is 17.5. The number of methoxy groups -OCH3 is 1. The van der Waals surface area contributed by atoms with Gasteiger partial charge in [0.2, 0.25) is 0 Å². The summed E-state index contributed by atoms with van der Waals surface area (Å²) in [6.45, 7) is 4.49. The lowest BCUT2D eigenvalue weighted by Crippen LogP contribution is -2.33. The summed E-state index contributed by atoms with van der Waals surface area (Å²) in [6, 6.07) is 7.40. The number of benzene rings is 1. The van der Waals surface area contributed by atoms with Gasteiger partial charge in [-0.15, -0.1) is 0 Å². The third-order valence-electron chi connectivity index (χ3n) is 3.41. The fourth-order valence-electron chi connectivity index (χ4n) is 2.16. The van der Waals surface area contributed by atoms with Crippen molar-refractivity contribution >= 4 is 17.5 Å². The second-order valence-electron chi connectivity index (χ2n) is 5.01. The monoisotopic (exact) mass is 336 g/mol. The molecule has 124 valence electrons. The number of aromatic nitrogens is 2. The van der Waals surface area contributed by atoms with E-state index >= 15 is 0 Å². The van der Waals surface area contributed by atoms with Crippen molar-refractivity contribution in [3.05, 3.63) is 46.7 Å². The van der Waals surface area contributed by atoms with Gasteiger partial charge < -0.3 is 15.4 Å². The number of amides is 1. The van der Waals surface area contributed by atoms with Crippen LogP contribution in [0.25, 0.3) is 5.69 Å². The molecule has 0 atom stereocenters. The molecule has 0 aliphatic carbocycles. The molecule has 7 heteroatoms. The van der Waals surface area contributed by atoms with Crippen LogP contribution in [-0.4, -0.2) is 49.0 Å². The van der Waals surface area contributed by atoms with Crippen molar-refractivity contribution in [2.24, 2.45) is 0 Å². The van der Waals surface area contributed by atoms with Gasteiger partial charge in [0.1, 0.15) is 0 Å². The lowest BCUT2D eigenvalue weighted by atomic mass is 10.2. The molecule has 0 spiro atoms. The van der Waals surface area contributed by atoms with Gasteiger partial charge in [-0.05, 0) is 19.1 Å². The topological polar surface area (TPSA) is 68.2 Å². The summed E-state index contributed by atoms with van der Waals surface area (Å²) < 4.78 is 6.61. The van der Waals surface area contributed by atoms with Crippen molar-refractivity contribution in [3.8, 4) is 5.69 Å². The van der Waals surface area contributed by atoms with Crippen LogP contribution in [0.1, 0.15) is 16.1 Å². The van der Waals surface area contributed by atoms with Gasteiger partial charge in [-0.25, -0.2) is 4.68 Å². The van der Waals surface area contributed by atoms with E-state index in [9.17, 15) is 4.79 Å². The van der Waals surface area contributed by atoms with E-state index in [1.807, 2.05) is 25.1 Å². The number of hydrogen-bond donors (Lipinski definition) is 2. The zero-order valence-corrected chi connectivity index (χ0v) is 14.1. The first-order valence-corrected chi connectivity index (χ1v) is 7.80. The smallest absolute Gasteiger partial charge is 0.254 e. The maximum Gasteiger partial charge on any atom is 0.254 e. The Morgan fingerprint density at radius 2 is 2.09 bits per heavy atom. The lowest BCUT2D eigenvalue weighted by molar-refractivity contribution is 0.0953. The van der Waals surface area contributed by atoms with Crippen LogP contribution in [0.5, 0.6) is 0 Å². The SMILES string of the molecule is COCCNCCNC(=O)c1cnn(-c2ccccc2Cl)c1C. The number of halogens is 1. The first-order chi connectivity index (χ1) is 11.1. The van der Waals surface area contributed by atoms with Gasteiger partial charge in [0.05, 0.1) is 34.8 Å². The highest BCUT2D eigenvalue weighted by atomic mass is 35.5. The van der Waals surface area contributed by atoms with E-state index in [1.165, 1.54) is 0 Å². The molecule has 0 aliphatic heterocycles. The summed E-state index contributed by atoms with van der Waals surface area (Å²) >= 11 is 6.18. The summed E-state index contributed by atoms with van der Waals surface area (Å²) in [5.41, 5.74) is 2.05. The number of nitrogens with zero attached hydrogens (tertiary/aromatic N) is 2. The van der Waals surface area contributed by atoms with Crippen LogP contribution >= 0.6 is 11.6 Å². The van der Waals surface area contributed by atoms with E-state index in [-0.39, 0.29) is 5.91 Å². The Bertz CT molecular complexity index is 657. The molecule has 0 unspecified atom stereocenters. The summed E-state index contributed by atoms with van der Waals surface area (Å²) in [7, 11) is 1.66. The Kier molecular flexibility index (Phi) is 6.58. The Balaban J connectivity index is 1.96. The lowest BCUT2D eigenvalue weighted by Gasteiger charge is -2.08. The van der Waals surface area contributed by atoms with E-state index in [0.29, 0.717) is 30.3 Å². The minimum Gasteiger partial charge on any atom is -0.383 e. The van der Waals surface area contributed by atoms with Gasteiger partial charge in [0, 0.05) is 26.7 Å². The van der Waals surface area contributed by atoms with Gasteiger partial charge in [-0.1, -0.05) is 23.7 Å². The second-order valence-corrected chi connectivity index (χ2v) is 5.41. The van der Waals surface area contributed by atoms with Crippen LogP contribution in [0, 0.1) is 6.92 Å². The molecular formula is C16H21ClN4O2. The third kappa shape index (κ3) is 4.54. The van der Waals surface area contributed by atoms with Gasteiger partial charge in [0.15, 0.2) is 0 Å².